The lowest BCUT2D eigenvalue weighted by Crippen LogP contribution is -2.20. The van der Waals surface area contributed by atoms with Crippen LogP contribution in [-0.4, -0.2) is 30.8 Å². The van der Waals surface area contributed by atoms with Gasteiger partial charge >= 0.3 is 0 Å². The van der Waals surface area contributed by atoms with E-state index in [1.165, 1.54) is 5.56 Å². The average Bonchev–Trinajstić information content (AvgIpc) is 2.89. The molecule has 7 heteroatoms. The van der Waals surface area contributed by atoms with Gasteiger partial charge in [0.25, 0.3) is 8.53 Å². The second-order valence-corrected chi connectivity index (χ2v) is 8.78. The summed E-state index contributed by atoms with van der Waals surface area (Å²) in [5.41, 5.74) is 3.41. The third kappa shape index (κ3) is 7.25. The molecule has 146 valence electrons. The van der Waals surface area contributed by atoms with E-state index in [0.29, 0.717) is 26.4 Å². The van der Waals surface area contributed by atoms with Crippen molar-refractivity contribution < 1.29 is 18.1 Å². The van der Waals surface area contributed by atoms with Gasteiger partial charge in [-0.3, -0.25) is 4.34 Å². The minimum atomic E-state index is -1.18. The van der Waals surface area contributed by atoms with Crippen LogP contribution < -0.4 is 5.44 Å². The van der Waals surface area contributed by atoms with E-state index in [9.17, 15) is 0 Å². The van der Waals surface area contributed by atoms with E-state index < -0.39 is 16.9 Å². The zero-order valence-electron chi connectivity index (χ0n) is 16.7. The molecular weight excluding hydrogens is 356 g/mol. The van der Waals surface area contributed by atoms with E-state index in [1.54, 1.807) is 0 Å². The lowest BCUT2D eigenvalue weighted by atomic mass is 10.3. The minimum absolute atomic E-state index is 0.690. The number of rotatable bonds is 14. The molecule has 1 rings (SSSR count). The van der Waals surface area contributed by atoms with E-state index in [4.69, 9.17) is 18.1 Å². The van der Waals surface area contributed by atoms with Crippen molar-refractivity contribution in [1.29, 1.82) is 0 Å². The van der Waals surface area contributed by atoms with Crippen molar-refractivity contribution in [2.24, 2.45) is 0 Å². The Labute approximate surface area is 156 Å². The Hall–Kier alpha value is -0.0200. The van der Waals surface area contributed by atoms with Crippen molar-refractivity contribution >= 4 is 22.3 Å². The molecule has 0 aromatic carbocycles. The second-order valence-electron chi connectivity index (χ2n) is 5.93. The van der Waals surface area contributed by atoms with Crippen LogP contribution in [-0.2, 0) is 18.1 Å². The molecule has 0 bridgehead atoms. The molecule has 0 fully saturated rings. The molecule has 1 aromatic rings. The van der Waals surface area contributed by atoms with E-state index in [0.717, 1.165) is 36.8 Å². The Morgan fingerprint density at radius 1 is 0.760 bits per heavy atom. The molecule has 0 atom stereocenters. The Balaban J connectivity index is 3.17. The molecule has 0 radical (unpaired) electrons. The van der Waals surface area contributed by atoms with Crippen LogP contribution in [0.25, 0.3) is 0 Å². The molecule has 0 saturated carbocycles. The quantitative estimate of drug-likeness (QED) is 0.375. The molecular formula is C18H35NO4P2. The van der Waals surface area contributed by atoms with Gasteiger partial charge in [0.05, 0.1) is 26.4 Å². The first-order valence-electron chi connectivity index (χ1n) is 9.41. The van der Waals surface area contributed by atoms with Crippen LogP contribution in [0, 0.1) is 13.8 Å². The molecule has 1 aromatic heterocycles. The summed E-state index contributed by atoms with van der Waals surface area (Å²) < 4.78 is 26.5. The molecule has 0 amide bonds. The fourth-order valence-electron chi connectivity index (χ4n) is 2.20. The Morgan fingerprint density at radius 2 is 1.20 bits per heavy atom. The Bertz CT molecular complexity index is 425. The first-order valence-corrected chi connectivity index (χ1v) is 11.7. The van der Waals surface area contributed by atoms with Gasteiger partial charge in [-0.25, -0.2) is 0 Å². The van der Waals surface area contributed by atoms with E-state index >= 15 is 0 Å². The summed E-state index contributed by atoms with van der Waals surface area (Å²) in [6.07, 6.45) is 3.88. The smallest absolute Gasteiger partial charge is 0.294 e. The normalized spacial score (nSPS) is 11.8. The molecule has 0 aliphatic heterocycles. The maximum atomic E-state index is 6.09. The third-order valence-electron chi connectivity index (χ3n) is 3.29. The lowest BCUT2D eigenvalue weighted by molar-refractivity contribution is 0.241. The first-order chi connectivity index (χ1) is 12.1. The summed E-state index contributed by atoms with van der Waals surface area (Å²) in [7, 11) is -2.31. The number of nitrogens with zero attached hydrogens (tertiary/aromatic N) is 1. The van der Waals surface area contributed by atoms with Gasteiger partial charge in [-0.15, -0.1) is 0 Å². The highest BCUT2D eigenvalue weighted by Crippen LogP contribution is 2.48. The summed E-state index contributed by atoms with van der Waals surface area (Å²) in [5.74, 6) is 0. The summed E-state index contributed by atoms with van der Waals surface area (Å²) in [5, 5.41) is 0. The zero-order chi connectivity index (χ0) is 18.7. The minimum Gasteiger partial charge on any atom is -0.330 e. The summed E-state index contributed by atoms with van der Waals surface area (Å²) in [4.78, 5) is 0. The van der Waals surface area contributed by atoms with Gasteiger partial charge < -0.3 is 18.1 Å². The topological polar surface area (TPSA) is 41.9 Å². The monoisotopic (exact) mass is 391 g/mol. The molecule has 0 aliphatic carbocycles. The van der Waals surface area contributed by atoms with Crippen molar-refractivity contribution in [2.75, 3.05) is 26.4 Å². The third-order valence-corrected chi connectivity index (χ3v) is 6.83. The number of aromatic nitrogens is 1. The van der Waals surface area contributed by atoms with Gasteiger partial charge in [0, 0.05) is 5.69 Å². The molecule has 0 saturated heterocycles. The van der Waals surface area contributed by atoms with Crippen molar-refractivity contribution in [1.82, 2.24) is 4.34 Å². The van der Waals surface area contributed by atoms with E-state index in [2.05, 4.69) is 51.9 Å². The molecule has 0 N–H and O–H groups in total. The Morgan fingerprint density at radius 3 is 1.64 bits per heavy atom. The molecule has 1 heterocycles. The highest BCUT2D eigenvalue weighted by Gasteiger charge is 2.28. The van der Waals surface area contributed by atoms with E-state index in [1.807, 2.05) is 0 Å². The highest BCUT2D eigenvalue weighted by atomic mass is 31.2. The first kappa shape index (κ1) is 23.0. The molecule has 0 unspecified atom stereocenters. The van der Waals surface area contributed by atoms with Crippen molar-refractivity contribution in [3.8, 4) is 0 Å². The fraction of sp³-hybridized carbons (Fsp3) is 0.778. The maximum Gasteiger partial charge on any atom is 0.294 e. The van der Waals surface area contributed by atoms with Crippen molar-refractivity contribution in [3.63, 3.8) is 0 Å². The van der Waals surface area contributed by atoms with Gasteiger partial charge in [-0.1, -0.05) is 27.7 Å². The Kier molecular flexibility index (Phi) is 12.1. The number of aryl methyl sites for hydroxylation is 2. The molecule has 0 spiro atoms. The van der Waals surface area contributed by atoms with Gasteiger partial charge in [-0.2, -0.15) is 0 Å². The highest BCUT2D eigenvalue weighted by molar-refractivity contribution is 7.57. The summed E-state index contributed by atoms with van der Waals surface area (Å²) in [6, 6.07) is 2.18. The van der Waals surface area contributed by atoms with E-state index in [-0.39, 0.29) is 0 Å². The fourth-order valence-corrected chi connectivity index (χ4v) is 5.93. The predicted octanol–water partition coefficient (Wildman–Crippen LogP) is 5.82. The lowest BCUT2D eigenvalue weighted by Gasteiger charge is -2.25. The van der Waals surface area contributed by atoms with Gasteiger partial charge in [0.15, 0.2) is 0 Å². The van der Waals surface area contributed by atoms with Crippen molar-refractivity contribution in [2.45, 2.75) is 67.2 Å². The molecule has 0 aliphatic rings. The number of hydrogen-bond donors (Lipinski definition) is 0. The average molecular weight is 391 g/mol. The SMILES string of the molecule is CCCOP(OCCC)c1c(C)cc(C)n1P(OCCC)OCCC. The standard InChI is InChI=1S/C18H35NO4P2/c1-7-11-20-24(21-12-8-2)18-16(5)15-17(6)19(18)25(22-13-9-3)23-14-10-4/h15H,7-14H2,1-6H3. The van der Waals surface area contributed by atoms with Crippen LogP contribution in [0.5, 0.6) is 0 Å². The maximum absolute atomic E-state index is 6.09. The molecule has 5 nitrogen and oxygen atoms in total. The number of hydrogen-bond acceptors (Lipinski definition) is 4. The summed E-state index contributed by atoms with van der Waals surface area (Å²) in [6.45, 7) is 15.5. The van der Waals surface area contributed by atoms with Crippen LogP contribution in [0.15, 0.2) is 6.07 Å². The van der Waals surface area contributed by atoms with Gasteiger partial charge in [-0.05, 0) is 51.2 Å². The van der Waals surface area contributed by atoms with Crippen LogP contribution >= 0.6 is 16.9 Å². The predicted molar refractivity (Wildman–Crippen MR) is 108 cm³/mol. The van der Waals surface area contributed by atoms with Crippen molar-refractivity contribution in [3.05, 3.63) is 17.3 Å². The second kappa shape index (κ2) is 13.2. The van der Waals surface area contributed by atoms with Crippen LogP contribution in [0.3, 0.4) is 0 Å². The van der Waals surface area contributed by atoms with Crippen LogP contribution in [0.2, 0.25) is 0 Å². The molecule has 25 heavy (non-hydrogen) atoms. The largest absolute Gasteiger partial charge is 0.330 e. The zero-order valence-corrected chi connectivity index (χ0v) is 18.5. The summed E-state index contributed by atoms with van der Waals surface area (Å²) >= 11 is 0. The van der Waals surface area contributed by atoms with Gasteiger partial charge in [0.2, 0.25) is 8.38 Å². The van der Waals surface area contributed by atoms with Gasteiger partial charge in [0.1, 0.15) is 5.44 Å². The van der Waals surface area contributed by atoms with Crippen LogP contribution in [0.1, 0.15) is 64.6 Å². The van der Waals surface area contributed by atoms with Crippen LogP contribution in [0.4, 0.5) is 0 Å².